The minimum absolute atomic E-state index is 0.143. The van der Waals surface area contributed by atoms with Gasteiger partial charge in [0.25, 0.3) is 0 Å². The van der Waals surface area contributed by atoms with Crippen molar-refractivity contribution in [2.75, 3.05) is 5.32 Å². The highest BCUT2D eigenvalue weighted by Crippen LogP contribution is 2.26. The Labute approximate surface area is 151 Å². The second kappa shape index (κ2) is 7.39. The monoisotopic (exact) mass is 353 g/mol. The number of rotatable bonds is 5. The van der Waals surface area contributed by atoms with Gasteiger partial charge in [-0.05, 0) is 43.7 Å². The number of aryl methyl sites for hydroxylation is 2. The minimum Gasteiger partial charge on any atom is -0.457 e. The lowest BCUT2D eigenvalue weighted by molar-refractivity contribution is -0.117. The Morgan fingerprint density at radius 2 is 1.85 bits per heavy atom. The maximum Gasteiger partial charge on any atom is 0.232 e. The molecule has 1 atom stereocenters. The summed E-state index contributed by atoms with van der Waals surface area (Å²) >= 11 is 0. The highest BCUT2D eigenvalue weighted by atomic mass is 19.1. The maximum absolute atomic E-state index is 13.3. The first kappa shape index (κ1) is 17.7. The largest absolute Gasteiger partial charge is 0.457 e. The first-order valence-corrected chi connectivity index (χ1v) is 8.27. The summed E-state index contributed by atoms with van der Waals surface area (Å²) in [6, 6.07) is 15.0. The molecule has 1 amide bonds. The molecule has 1 aromatic heterocycles. The summed E-state index contributed by atoms with van der Waals surface area (Å²) in [5.41, 5.74) is 1.64. The lowest BCUT2D eigenvalue weighted by Crippen LogP contribution is -2.20. The third kappa shape index (κ3) is 4.08. The molecule has 0 aliphatic rings. The molecule has 134 valence electrons. The van der Waals surface area contributed by atoms with Gasteiger partial charge in [0.1, 0.15) is 23.1 Å². The van der Waals surface area contributed by atoms with Crippen LogP contribution in [0.25, 0.3) is 0 Å². The number of benzene rings is 2. The molecule has 6 heteroatoms. The molecule has 0 bridgehead atoms. The molecule has 0 saturated carbocycles. The number of hydrogen-bond donors (Lipinski definition) is 1. The maximum atomic E-state index is 13.3. The van der Waals surface area contributed by atoms with E-state index in [2.05, 4.69) is 10.4 Å². The number of aromatic nitrogens is 2. The lowest BCUT2D eigenvalue weighted by atomic mass is 10.00. The molecule has 26 heavy (non-hydrogen) atoms. The van der Waals surface area contributed by atoms with Crippen LogP contribution in [0.4, 0.5) is 10.2 Å². The lowest BCUT2D eigenvalue weighted by Gasteiger charge is -2.14. The van der Waals surface area contributed by atoms with Crippen LogP contribution in [-0.2, 0) is 11.8 Å². The zero-order valence-corrected chi connectivity index (χ0v) is 14.9. The van der Waals surface area contributed by atoms with Gasteiger partial charge in [-0.15, -0.1) is 0 Å². The van der Waals surface area contributed by atoms with Gasteiger partial charge in [-0.2, -0.15) is 5.10 Å². The Bertz CT molecular complexity index is 936. The molecule has 0 radical (unpaired) electrons. The van der Waals surface area contributed by atoms with Crippen LogP contribution >= 0.6 is 0 Å². The fourth-order valence-corrected chi connectivity index (χ4v) is 2.63. The van der Waals surface area contributed by atoms with E-state index in [0.717, 1.165) is 11.3 Å². The van der Waals surface area contributed by atoms with Crippen molar-refractivity contribution in [3.63, 3.8) is 0 Å². The van der Waals surface area contributed by atoms with Crippen LogP contribution in [0.1, 0.15) is 24.1 Å². The topological polar surface area (TPSA) is 56.1 Å². The smallest absolute Gasteiger partial charge is 0.232 e. The van der Waals surface area contributed by atoms with Gasteiger partial charge >= 0.3 is 0 Å². The Morgan fingerprint density at radius 1 is 1.15 bits per heavy atom. The van der Waals surface area contributed by atoms with E-state index in [-0.39, 0.29) is 17.6 Å². The number of carbonyl (C=O) groups is 1. The molecule has 3 rings (SSSR count). The number of nitrogens with one attached hydrogen (secondary N) is 1. The van der Waals surface area contributed by atoms with Crippen LogP contribution in [-0.4, -0.2) is 15.7 Å². The van der Waals surface area contributed by atoms with Crippen molar-refractivity contribution in [1.82, 2.24) is 9.78 Å². The summed E-state index contributed by atoms with van der Waals surface area (Å²) < 4.78 is 20.6. The van der Waals surface area contributed by atoms with Crippen LogP contribution in [0.5, 0.6) is 11.5 Å². The Kier molecular flexibility index (Phi) is 5.02. The highest BCUT2D eigenvalue weighted by Gasteiger charge is 2.17. The summed E-state index contributed by atoms with van der Waals surface area (Å²) in [4.78, 5) is 12.5. The van der Waals surface area contributed by atoms with Gasteiger partial charge in [-0.1, -0.05) is 18.2 Å². The number of anilines is 1. The normalized spacial score (nSPS) is 11.8. The SMILES string of the molecule is Cc1cc(NC(=O)C(C)c2cccc(Oc3cccc(F)c3)c2)n(C)n1. The average Bonchev–Trinajstić information content (AvgIpc) is 2.91. The molecule has 5 nitrogen and oxygen atoms in total. The number of halogens is 1. The van der Waals surface area contributed by atoms with Crippen molar-refractivity contribution in [3.05, 3.63) is 71.7 Å². The summed E-state index contributed by atoms with van der Waals surface area (Å²) in [6.45, 7) is 3.69. The molecule has 0 spiro atoms. The van der Waals surface area contributed by atoms with Crippen LogP contribution in [0.15, 0.2) is 54.6 Å². The molecule has 1 N–H and O–H groups in total. The number of ether oxygens (including phenoxy) is 1. The van der Waals surface area contributed by atoms with E-state index in [0.29, 0.717) is 17.3 Å². The summed E-state index contributed by atoms with van der Waals surface area (Å²) in [5.74, 6) is 0.704. The number of nitrogens with zero attached hydrogens (tertiary/aromatic N) is 2. The van der Waals surface area contributed by atoms with E-state index in [1.807, 2.05) is 32.0 Å². The zero-order valence-electron chi connectivity index (χ0n) is 14.9. The van der Waals surface area contributed by atoms with Crippen molar-refractivity contribution in [2.45, 2.75) is 19.8 Å². The molecule has 2 aromatic carbocycles. The van der Waals surface area contributed by atoms with Gasteiger partial charge in [-0.25, -0.2) is 4.39 Å². The van der Waals surface area contributed by atoms with Crippen LogP contribution < -0.4 is 10.1 Å². The second-order valence-corrected chi connectivity index (χ2v) is 6.14. The molecule has 0 saturated heterocycles. The van der Waals surface area contributed by atoms with Crippen molar-refractivity contribution in [2.24, 2.45) is 7.05 Å². The molecular formula is C20H20FN3O2. The van der Waals surface area contributed by atoms with Crippen molar-refractivity contribution >= 4 is 11.7 Å². The second-order valence-electron chi connectivity index (χ2n) is 6.14. The first-order valence-electron chi connectivity index (χ1n) is 8.27. The van der Waals surface area contributed by atoms with E-state index in [1.165, 1.54) is 12.1 Å². The van der Waals surface area contributed by atoms with Gasteiger partial charge in [-0.3, -0.25) is 9.48 Å². The third-order valence-corrected chi connectivity index (χ3v) is 4.04. The first-order chi connectivity index (χ1) is 12.4. The van der Waals surface area contributed by atoms with Crippen LogP contribution in [0.3, 0.4) is 0 Å². The van der Waals surface area contributed by atoms with E-state index in [1.54, 1.807) is 36.0 Å². The van der Waals surface area contributed by atoms with E-state index in [4.69, 9.17) is 4.74 Å². The Hall–Kier alpha value is -3.15. The standard InChI is InChI=1S/C20H20FN3O2/c1-13-10-19(24(3)23-13)22-20(25)14(2)15-6-4-8-17(11-15)26-18-9-5-7-16(21)12-18/h4-12,14H,1-3H3,(H,22,25). The quantitative estimate of drug-likeness (QED) is 0.739. The Morgan fingerprint density at radius 3 is 2.50 bits per heavy atom. The average molecular weight is 353 g/mol. The molecule has 3 aromatic rings. The fraction of sp³-hybridized carbons (Fsp3) is 0.200. The van der Waals surface area contributed by atoms with E-state index >= 15 is 0 Å². The molecule has 0 aliphatic heterocycles. The van der Waals surface area contributed by atoms with Gasteiger partial charge in [0, 0.05) is 19.2 Å². The van der Waals surface area contributed by atoms with Crippen LogP contribution in [0, 0.1) is 12.7 Å². The summed E-state index contributed by atoms with van der Waals surface area (Å²) in [7, 11) is 1.78. The zero-order chi connectivity index (χ0) is 18.7. The van der Waals surface area contributed by atoms with E-state index < -0.39 is 0 Å². The predicted octanol–water partition coefficient (Wildman–Crippen LogP) is 4.40. The van der Waals surface area contributed by atoms with Crippen molar-refractivity contribution in [3.8, 4) is 11.5 Å². The molecule has 1 unspecified atom stereocenters. The van der Waals surface area contributed by atoms with E-state index in [9.17, 15) is 9.18 Å². The highest BCUT2D eigenvalue weighted by molar-refractivity contribution is 5.95. The van der Waals surface area contributed by atoms with Crippen molar-refractivity contribution < 1.29 is 13.9 Å². The molecule has 0 aliphatic carbocycles. The van der Waals surface area contributed by atoms with Crippen LogP contribution in [0.2, 0.25) is 0 Å². The predicted molar refractivity (Wildman–Crippen MR) is 97.9 cm³/mol. The minimum atomic E-state index is -0.388. The summed E-state index contributed by atoms with van der Waals surface area (Å²) in [5, 5.41) is 7.09. The third-order valence-electron chi connectivity index (χ3n) is 4.04. The molecular weight excluding hydrogens is 333 g/mol. The van der Waals surface area contributed by atoms with Gasteiger partial charge in [0.2, 0.25) is 5.91 Å². The molecule has 1 heterocycles. The Balaban J connectivity index is 1.74. The fourth-order valence-electron chi connectivity index (χ4n) is 2.63. The number of carbonyl (C=O) groups excluding carboxylic acids is 1. The number of hydrogen-bond acceptors (Lipinski definition) is 3. The van der Waals surface area contributed by atoms with Gasteiger partial charge in [0.15, 0.2) is 0 Å². The molecule has 0 fully saturated rings. The summed E-state index contributed by atoms with van der Waals surface area (Å²) in [6.07, 6.45) is 0. The van der Waals surface area contributed by atoms with Gasteiger partial charge in [0.05, 0.1) is 11.6 Å². The van der Waals surface area contributed by atoms with Crippen molar-refractivity contribution in [1.29, 1.82) is 0 Å². The number of amides is 1. The van der Waals surface area contributed by atoms with Gasteiger partial charge < -0.3 is 10.1 Å².